The first-order valence-electron chi connectivity index (χ1n) is 9.78. The minimum atomic E-state index is -0.405. The van der Waals surface area contributed by atoms with Crippen LogP contribution in [0.5, 0.6) is 0 Å². The van der Waals surface area contributed by atoms with Gasteiger partial charge >= 0.3 is 0 Å². The highest BCUT2D eigenvalue weighted by molar-refractivity contribution is 5.39. The predicted octanol–water partition coefficient (Wildman–Crippen LogP) is 2.88. The maximum Gasteiger partial charge on any atom is 0.161 e. The van der Waals surface area contributed by atoms with E-state index in [2.05, 4.69) is 29.4 Å². The van der Waals surface area contributed by atoms with Crippen LogP contribution < -0.4 is 0 Å². The Balaban J connectivity index is 1.61. The molecule has 1 atom stereocenters. The summed E-state index contributed by atoms with van der Waals surface area (Å²) in [6, 6.07) is 12.5. The van der Waals surface area contributed by atoms with Crippen LogP contribution in [0.25, 0.3) is 0 Å². The number of rotatable bonds is 8. The lowest BCUT2D eigenvalue weighted by molar-refractivity contribution is 0.143. The standard InChI is InChI=1S/C21H27N5O/c1-3-18(27)15-26-19(10-14-25-13-9-16(2)23-25)22-20(24-26)21(11-12-21)17-7-5-4-6-8-17/h4-9,13,18,27H,3,10-12,14-15H2,1-2H3/t18-/m0/s1. The number of nitrogens with zero attached hydrogens (tertiary/aromatic N) is 5. The molecule has 6 heteroatoms. The third-order valence-electron chi connectivity index (χ3n) is 5.45. The van der Waals surface area contributed by atoms with Crippen LogP contribution in [0.15, 0.2) is 42.6 Å². The summed E-state index contributed by atoms with van der Waals surface area (Å²) in [4.78, 5) is 4.93. The maximum atomic E-state index is 10.2. The van der Waals surface area contributed by atoms with Crippen LogP contribution in [0.3, 0.4) is 0 Å². The van der Waals surface area contributed by atoms with Crippen LogP contribution >= 0.6 is 0 Å². The van der Waals surface area contributed by atoms with E-state index in [1.54, 1.807) is 0 Å². The average Bonchev–Trinajstić information content (AvgIpc) is 3.25. The van der Waals surface area contributed by atoms with Crippen LogP contribution in [0.1, 0.15) is 49.1 Å². The molecule has 0 radical (unpaired) electrons. The van der Waals surface area contributed by atoms with E-state index in [9.17, 15) is 5.11 Å². The van der Waals surface area contributed by atoms with Gasteiger partial charge in [-0.25, -0.2) is 9.67 Å². The summed E-state index contributed by atoms with van der Waals surface area (Å²) in [6.45, 7) is 5.22. The number of aromatic nitrogens is 5. The lowest BCUT2D eigenvalue weighted by Crippen LogP contribution is -2.19. The second-order valence-electron chi connectivity index (χ2n) is 7.51. The molecule has 1 aromatic carbocycles. The Hall–Kier alpha value is -2.47. The van der Waals surface area contributed by atoms with Gasteiger partial charge in [-0.1, -0.05) is 37.3 Å². The van der Waals surface area contributed by atoms with E-state index >= 15 is 0 Å². The fourth-order valence-electron chi connectivity index (χ4n) is 3.56. The third-order valence-corrected chi connectivity index (χ3v) is 5.45. The van der Waals surface area contributed by atoms with Crippen molar-refractivity contribution in [2.24, 2.45) is 0 Å². The Morgan fingerprint density at radius 3 is 2.56 bits per heavy atom. The van der Waals surface area contributed by atoms with Crippen molar-refractivity contribution in [3.63, 3.8) is 0 Å². The van der Waals surface area contributed by atoms with Crippen LogP contribution in [-0.2, 0) is 24.9 Å². The van der Waals surface area contributed by atoms with Crippen molar-refractivity contribution >= 4 is 0 Å². The number of hydrogen-bond donors (Lipinski definition) is 1. The van der Waals surface area contributed by atoms with E-state index < -0.39 is 6.10 Å². The molecule has 1 N–H and O–H groups in total. The van der Waals surface area contributed by atoms with E-state index in [0.717, 1.165) is 43.1 Å². The van der Waals surface area contributed by atoms with Gasteiger partial charge in [0.1, 0.15) is 5.82 Å². The molecule has 142 valence electrons. The molecule has 3 aromatic rings. The third kappa shape index (κ3) is 3.67. The van der Waals surface area contributed by atoms with Gasteiger partial charge in [-0.3, -0.25) is 4.68 Å². The highest BCUT2D eigenvalue weighted by Crippen LogP contribution is 2.52. The van der Waals surface area contributed by atoms with Gasteiger partial charge in [0.15, 0.2) is 5.82 Å². The van der Waals surface area contributed by atoms with E-state index in [-0.39, 0.29) is 5.41 Å². The quantitative estimate of drug-likeness (QED) is 0.666. The fourth-order valence-corrected chi connectivity index (χ4v) is 3.56. The minimum Gasteiger partial charge on any atom is -0.391 e. The molecule has 2 heterocycles. The van der Waals surface area contributed by atoms with Crippen LogP contribution in [-0.4, -0.2) is 35.8 Å². The van der Waals surface area contributed by atoms with Gasteiger partial charge in [-0.05, 0) is 37.8 Å². The second-order valence-corrected chi connectivity index (χ2v) is 7.51. The Bertz CT molecular complexity index is 894. The summed E-state index contributed by atoms with van der Waals surface area (Å²) in [5, 5.41) is 19.5. The molecular formula is C21H27N5O. The smallest absolute Gasteiger partial charge is 0.161 e. The lowest BCUT2D eigenvalue weighted by Gasteiger charge is -2.11. The van der Waals surface area contributed by atoms with Crippen molar-refractivity contribution in [1.29, 1.82) is 0 Å². The van der Waals surface area contributed by atoms with Gasteiger partial charge in [-0.15, -0.1) is 0 Å². The molecule has 1 fully saturated rings. The normalized spacial score (nSPS) is 16.4. The first-order valence-corrected chi connectivity index (χ1v) is 9.78. The molecule has 0 unspecified atom stereocenters. The summed E-state index contributed by atoms with van der Waals surface area (Å²) < 4.78 is 3.84. The summed E-state index contributed by atoms with van der Waals surface area (Å²) in [6.07, 6.45) is 5.19. The van der Waals surface area contributed by atoms with Gasteiger partial charge in [0, 0.05) is 19.2 Å². The Labute approximate surface area is 159 Å². The average molecular weight is 365 g/mol. The maximum absolute atomic E-state index is 10.2. The van der Waals surface area contributed by atoms with Gasteiger partial charge in [-0.2, -0.15) is 10.2 Å². The summed E-state index contributed by atoms with van der Waals surface area (Å²) >= 11 is 0. The van der Waals surface area contributed by atoms with E-state index in [1.165, 1.54) is 5.56 Å². The first kappa shape index (κ1) is 17.9. The number of benzene rings is 1. The molecule has 6 nitrogen and oxygen atoms in total. The Kier molecular flexibility index (Phi) is 4.83. The SMILES string of the molecule is CC[C@H](O)Cn1nc(C2(c3ccccc3)CC2)nc1CCn1ccc(C)n1. The Morgan fingerprint density at radius 2 is 1.93 bits per heavy atom. The Morgan fingerprint density at radius 1 is 1.15 bits per heavy atom. The zero-order chi connectivity index (χ0) is 18.9. The van der Waals surface area contributed by atoms with Crippen molar-refractivity contribution in [2.75, 3.05) is 0 Å². The fraction of sp³-hybridized carbons (Fsp3) is 0.476. The number of hydrogen-bond acceptors (Lipinski definition) is 4. The summed E-state index contributed by atoms with van der Waals surface area (Å²) in [7, 11) is 0. The molecule has 1 saturated carbocycles. The second kappa shape index (κ2) is 7.27. The van der Waals surface area contributed by atoms with Gasteiger partial charge < -0.3 is 5.11 Å². The summed E-state index contributed by atoms with van der Waals surface area (Å²) in [5.74, 6) is 1.82. The molecule has 1 aliphatic carbocycles. The van der Waals surface area contributed by atoms with Crippen LogP contribution in [0, 0.1) is 6.92 Å². The van der Waals surface area contributed by atoms with Crippen molar-refractivity contribution in [1.82, 2.24) is 24.5 Å². The molecule has 0 amide bonds. The van der Waals surface area contributed by atoms with E-state index in [0.29, 0.717) is 13.0 Å². The zero-order valence-corrected chi connectivity index (χ0v) is 16.0. The van der Waals surface area contributed by atoms with Crippen molar-refractivity contribution in [3.8, 4) is 0 Å². The van der Waals surface area contributed by atoms with Crippen molar-refractivity contribution in [3.05, 3.63) is 65.5 Å². The van der Waals surface area contributed by atoms with Crippen LogP contribution in [0.2, 0.25) is 0 Å². The molecule has 1 aliphatic rings. The molecule has 2 aromatic heterocycles. The monoisotopic (exact) mass is 365 g/mol. The van der Waals surface area contributed by atoms with Crippen molar-refractivity contribution < 1.29 is 5.11 Å². The highest BCUT2D eigenvalue weighted by Gasteiger charge is 2.49. The van der Waals surface area contributed by atoms with Gasteiger partial charge in [0.05, 0.1) is 23.8 Å². The first-order chi connectivity index (χ1) is 13.1. The molecular weight excluding hydrogens is 338 g/mol. The topological polar surface area (TPSA) is 68.8 Å². The summed E-state index contributed by atoms with van der Waals surface area (Å²) in [5.41, 5.74) is 2.24. The molecule has 27 heavy (non-hydrogen) atoms. The van der Waals surface area contributed by atoms with Crippen molar-refractivity contribution in [2.45, 2.75) is 64.1 Å². The van der Waals surface area contributed by atoms with Crippen LogP contribution in [0.4, 0.5) is 0 Å². The number of aliphatic hydroxyl groups is 1. The largest absolute Gasteiger partial charge is 0.391 e. The van der Waals surface area contributed by atoms with E-state index in [4.69, 9.17) is 10.1 Å². The minimum absolute atomic E-state index is 0.0548. The number of aliphatic hydroxyl groups excluding tert-OH is 1. The zero-order valence-electron chi connectivity index (χ0n) is 16.0. The molecule has 0 bridgehead atoms. The highest BCUT2D eigenvalue weighted by atomic mass is 16.3. The lowest BCUT2D eigenvalue weighted by atomic mass is 9.95. The molecule has 0 saturated heterocycles. The number of aryl methyl sites for hydroxylation is 3. The molecule has 0 spiro atoms. The molecule has 4 rings (SSSR count). The van der Waals surface area contributed by atoms with Gasteiger partial charge in [0.2, 0.25) is 0 Å². The van der Waals surface area contributed by atoms with E-state index in [1.807, 2.05) is 41.5 Å². The molecule has 0 aliphatic heterocycles. The predicted molar refractivity (Wildman–Crippen MR) is 103 cm³/mol. The van der Waals surface area contributed by atoms with Gasteiger partial charge in [0.25, 0.3) is 0 Å².